The fraction of sp³-hybridized carbons (Fsp3) is 0.733. The highest BCUT2D eigenvalue weighted by Gasteiger charge is 2.29. The Bertz CT molecular complexity index is 383. The van der Waals surface area contributed by atoms with E-state index in [1.165, 1.54) is 47.4 Å². The van der Waals surface area contributed by atoms with Crippen molar-refractivity contribution in [2.24, 2.45) is 11.7 Å². The lowest BCUT2D eigenvalue weighted by Crippen LogP contribution is -2.43. The van der Waals surface area contributed by atoms with Crippen molar-refractivity contribution in [2.75, 3.05) is 13.1 Å². The molecule has 1 aliphatic rings. The van der Waals surface area contributed by atoms with Crippen molar-refractivity contribution >= 4 is 27.3 Å². The summed E-state index contributed by atoms with van der Waals surface area (Å²) < 4.78 is 1.20. The molecular formula is C15H25BrN2S. The Morgan fingerprint density at radius 2 is 2.11 bits per heavy atom. The van der Waals surface area contributed by atoms with Crippen LogP contribution < -0.4 is 5.73 Å². The summed E-state index contributed by atoms with van der Waals surface area (Å²) in [5.74, 6) is 0.935. The molecule has 4 heteroatoms. The maximum atomic E-state index is 6.25. The van der Waals surface area contributed by atoms with Crippen LogP contribution in [0.15, 0.2) is 15.9 Å². The van der Waals surface area contributed by atoms with E-state index in [4.69, 9.17) is 5.73 Å². The van der Waals surface area contributed by atoms with Crippen LogP contribution in [0.4, 0.5) is 0 Å². The zero-order chi connectivity index (χ0) is 13.8. The molecule has 108 valence electrons. The molecule has 0 saturated carbocycles. The molecular weight excluding hydrogens is 320 g/mol. The van der Waals surface area contributed by atoms with Gasteiger partial charge in [-0.2, -0.15) is 0 Å². The van der Waals surface area contributed by atoms with Gasteiger partial charge in [-0.25, -0.2) is 0 Å². The van der Waals surface area contributed by atoms with Crippen LogP contribution >= 0.6 is 27.3 Å². The monoisotopic (exact) mass is 344 g/mol. The molecule has 2 rings (SSSR count). The second kappa shape index (κ2) is 7.21. The van der Waals surface area contributed by atoms with Crippen LogP contribution in [-0.4, -0.2) is 24.0 Å². The van der Waals surface area contributed by atoms with Gasteiger partial charge in [0.1, 0.15) is 0 Å². The minimum atomic E-state index is 0.188. The van der Waals surface area contributed by atoms with Gasteiger partial charge in [0.15, 0.2) is 0 Å². The molecule has 0 radical (unpaired) electrons. The predicted octanol–water partition coefficient (Wildman–Crippen LogP) is 4.41. The van der Waals surface area contributed by atoms with Gasteiger partial charge in [-0.05, 0) is 66.8 Å². The van der Waals surface area contributed by atoms with E-state index in [9.17, 15) is 0 Å². The van der Waals surface area contributed by atoms with Crippen LogP contribution in [0, 0.1) is 5.92 Å². The first-order valence-corrected chi connectivity index (χ1v) is 8.97. The molecule has 2 N–H and O–H groups in total. The molecule has 2 nitrogen and oxygen atoms in total. The molecule has 0 aliphatic carbocycles. The lowest BCUT2D eigenvalue weighted by molar-refractivity contribution is 0.117. The highest BCUT2D eigenvalue weighted by molar-refractivity contribution is 9.11. The Balaban J connectivity index is 2.01. The van der Waals surface area contributed by atoms with Gasteiger partial charge in [0.2, 0.25) is 0 Å². The number of thiophene rings is 1. The standard InChI is InChI=1S/C15H25BrN2S/c1-3-4-12-7-9-18(10-8-12)15(11(2)17)13-5-6-14(16)19-13/h5-6,11-12,15H,3-4,7-10,17H2,1-2H3. The maximum Gasteiger partial charge on any atom is 0.0702 e. The molecule has 0 aromatic carbocycles. The first-order valence-electron chi connectivity index (χ1n) is 7.36. The van der Waals surface area contributed by atoms with Crippen LogP contribution in [0.5, 0.6) is 0 Å². The first-order chi connectivity index (χ1) is 9.11. The Morgan fingerprint density at radius 3 is 2.58 bits per heavy atom. The molecule has 0 amide bonds. The van der Waals surface area contributed by atoms with Crippen molar-refractivity contribution in [1.82, 2.24) is 4.90 Å². The highest BCUT2D eigenvalue weighted by Crippen LogP contribution is 2.35. The van der Waals surface area contributed by atoms with Crippen molar-refractivity contribution in [3.8, 4) is 0 Å². The van der Waals surface area contributed by atoms with Crippen LogP contribution in [0.1, 0.15) is 50.4 Å². The van der Waals surface area contributed by atoms with E-state index in [1.54, 1.807) is 0 Å². The number of hydrogen-bond acceptors (Lipinski definition) is 3. The molecule has 0 spiro atoms. The topological polar surface area (TPSA) is 29.3 Å². The molecule has 1 aromatic rings. The molecule has 2 atom stereocenters. The largest absolute Gasteiger partial charge is 0.326 e. The number of likely N-dealkylation sites (tertiary alicyclic amines) is 1. The first kappa shape index (κ1) is 15.5. The van der Waals surface area contributed by atoms with E-state index in [1.807, 2.05) is 11.3 Å². The van der Waals surface area contributed by atoms with E-state index in [2.05, 4.69) is 46.8 Å². The van der Waals surface area contributed by atoms with Crippen molar-refractivity contribution < 1.29 is 0 Å². The third kappa shape index (κ3) is 4.03. The second-order valence-electron chi connectivity index (χ2n) is 5.71. The van der Waals surface area contributed by atoms with Crippen molar-refractivity contribution in [2.45, 2.75) is 51.6 Å². The summed E-state index contributed by atoms with van der Waals surface area (Å²) in [4.78, 5) is 3.99. The van der Waals surface area contributed by atoms with Crippen molar-refractivity contribution in [3.63, 3.8) is 0 Å². The zero-order valence-corrected chi connectivity index (χ0v) is 14.3. The minimum absolute atomic E-state index is 0.188. The van der Waals surface area contributed by atoms with Crippen LogP contribution in [0.3, 0.4) is 0 Å². The van der Waals surface area contributed by atoms with E-state index in [0.717, 1.165) is 5.92 Å². The van der Waals surface area contributed by atoms with Gasteiger partial charge in [0.25, 0.3) is 0 Å². The minimum Gasteiger partial charge on any atom is -0.326 e. The van der Waals surface area contributed by atoms with Gasteiger partial charge in [0.05, 0.1) is 9.83 Å². The Kier molecular flexibility index (Phi) is 5.87. The summed E-state index contributed by atoms with van der Waals surface area (Å²) in [6.45, 7) is 6.83. The summed E-state index contributed by atoms with van der Waals surface area (Å²) in [5.41, 5.74) is 6.25. The van der Waals surface area contributed by atoms with Crippen LogP contribution in [0.2, 0.25) is 0 Å². The van der Waals surface area contributed by atoms with Gasteiger partial charge >= 0.3 is 0 Å². The molecule has 1 fully saturated rings. The van der Waals surface area contributed by atoms with Gasteiger partial charge in [-0.3, -0.25) is 4.90 Å². The molecule has 0 bridgehead atoms. The zero-order valence-electron chi connectivity index (χ0n) is 11.9. The Labute approximate surface area is 129 Å². The molecule has 1 saturated heterocycles. The third-order valence-corrected chi connectivity index (χ3v) is 5.82. The summed E-state index contributed by atoms with van der Waals surface area (Å²) in [6, 6.07) is 4.94. The number of nitrogens with zero attached hydrogens (tertiary/aromatic N) is 1. The van der Waals surface area contributed by atoms with E-state index < -0.39 is 0 Å². The maximum absolute atomic E-state index is 6.25. The molecule has 2 unspecified atom stereocenters. The Morgan fingerprint density at radius 1 is 1.42 bits per heavy atom. The SMILES string of the molecule is CCCC1CCN(C(c2ccc(Br)s2)C(C)N)CC1. The average Bonchev–Trinajstić information content (AvgIpc) is 2.78. The van der Waals surface area contributed by atoms with E-state index in [-0.39, 0.29) is 6.04 Å². The molecule has 1 aromatic heterocycles. The van der Waals surface area contributed by atoms with E-state index in [0.29, 0.717) is 6.04 Å². The van der Waals surface area contributed by atoms with E-state index >= 15 is 0 Å². The molecule has 19 heavy (non-hydrogen) atoms. The van der Waals surface area contributed by atoms with Gasteiger partial charge in [-0.1, -0.05) is 19.8 Å². The quantitative estimate of drug-likeness (QED) is 0.856. The van der Waals surface area contributed by atoms with Crippen LogP contribution in [-0.2, 0) is 0 Å². The normalized spacial score (nSPS) is 21.5. The third-order valence-electron chi connectivity index (χ3n) is 4.12. The summed E-state index contributed by atoms with van der Waals surface area (Å²) >= 11 is 5.39. The molecule has 2 heterocycles. The smallest absolute Gasteiger partial charge is 0.0702 e. The molecule has 1 aliphatic heterocycles. The predicted molar refractivity (Wildman–Crippen MR) is 87.6 cm³/mol. The second-order valence-corrected chi connectivity index (χ2v) is 8.21. The van der Waals surface area contributed by atoms with Crippen molar-refractivity contribution in [1.29, 1.82) is 0 Å². The van der Waals surface area contributed by atoms with Gasteiger partial charge in [0, 0.05) is 10.9 Å². The fourth-order valence-corrected chi connectivity index (χ4v) is 4.86. The number of rotatable bonds is 5. The van der Waals surface area contributed by atoms with Gasteiger partial charge < -0.3 is 5.73 Å². The number of halogens is 1. The van der Waals surface area contributed by atoms with Crippen LogP contribution in [0.25, 0.3) is 0 Å². The average molecular weight is 345 g/mol. The Hall–Kier alpha value is 0.1000. The van der Waals surface area contributed by atoms with Crippen molar-refractivity contribution in [3.05, 3.63) is 20.8 Å². The summed E-state index contributed by atoms with van der Waals surface area (Å²) in [7, 11) is 0. The summed E-state index contributed by atoms with van der Waals surface area (Å²) in [5, 5.41) is 0. The number of piperidine rings is 1. The highest BCUT2D eigenvalue weighted by atomic mass is 79.9. The number of nitrogens with two attached hydrogens (primary N) is 1. The van der Waals surface area contributed by atoms with Gasteiger partial charge in [-0.15, -0.1) is 11.3 Å². The lowest BCUT2D eigenvalue weighted by atomic mass is 9.91. The fourth-order valence-electron chi connectivity index (χ4n) is 3.19. The number of hydrogen-bond donors (Lipinski definition) is 1. The lowest BCUT2D eigenvalue weighted by Gasteiger charge is -2.39. The summed E-state index contributed by atoms with van der Waals surface area (Å²) in [6.07, 6.45) is 5.38.